The second-order valence-corrected chi connectivity index (χ2v) is 7.37. The Morgan fingerprint density at radius 3 is 2.17 bits per heavy atom. The lowest BCUT2D eigenvalue weighted by atomic mass is 9.86. The van der Waals surface area contributed by atoms with E-state index in [-0.39, 0.29) is 5.41 Å². The standard InChI is InChI=1S/C23H21N/c1-23(2,3)18-11-8-17(9-12-18)22-21-13-10-16-6-4-5-7-19(16)20(21)14-15-24-22/h4-15H,1-3H3. The zero-order valence-electron chi connectivity index (χ0n) is 14.4. The Morgan fingerprint density at radius 2 is 1.42 bits per heavy atom. The number of fused-ring (bicyclic) bond motifs is 3. The minimum absolute atomic E-state index is 0.168. The highest BCUT2D eigenvalue weighted by atomic mass is 14.7. The van der Waals surface area contributed by atoms with Crippen LogP contribution in [0.1, 0.15) is 26.3 Å². The quantitative estimate of drug-likeness (QED) is 0.373. The van der Waals surface area contributed by atoms with Gasteiger partial charge < -0.3 is 0 Å². The first-order chi connectivity index (χ1) is 11.5. The summed E-state index contributed by atoms with van der Waals surface area (Å²) in [4.78, 5) is 4.68. The van der Waals surface area contributed by atoms with E-state index in [1.54, 1.807) is 0 Å². The van der Waals surface area contributed by atoms with Crippen molar-refractivity contribution in [3.63, 3.8) is 0 Å². The van der Waals surface area contributed by atoms with Gasteiger partial charge in [-0.25, -0.2) is 0 Å². The summed E-state index contributed by atoms with van der Waals surface area (Å²) >= 11 is 0. The molecule has 4 aromatic rings. The van der Waals surface area contributed by atoms with Crippen LogP contribution in [0.25, 0.3) is 32.8 Å². The Labute approximate surface area is 143 Å². The summed E-state index contributed by atoms with van der Waals surface area (Å²) in [6.07, 6.45) is 1.92. The van der Waals surface area contributed by atoms with Crippen LogP contribution >= 0.6 is 0 Å². The van der Waals surface area contributed by atoms with E-state index >= 15 is 0 Å². The van der Waals surface area contributed by atoms with E-state index < -0.39 is 0 Å². The van der Waals surface area contributed by atoms with Crippen LogP contribution in [0.2, 0.25) is 0 Å². The molecule has 0 fully saturated rings. The van der Waals surface area contributed by atoms with E-state index in [1.165, 1.54) is 32.7 Å². The number of pyridine rings is 1. The van der Waals surface area contributed by atoms with Gasteiger partial charge in [-0.2, -0.15) is 0 Å². The average Bonchev–Trinajstić information content (AvgIpc) is 2.60. The topological polar surface area (TPSA) is 12.9 Å². The molecule has 0 N–H and O–H groups in total. The first-order valence-corrected chi connectivity index (χ1v) is 8.41. The Bertz CT molecular complexity index is 1020. The summed E-state index contributed by atoms with van der Waals surface area (Å²) in [7, 11) is 0. The molecule has 0 saturated carbocycles. The van der Waals surface area contributed by atoms with Crippen molar-refractivity contribution in [3.05, 3.63) is 78.5 Å². The molecule has 0 bridgehead atoms. The maximum absolute atomic E-state index is 4.68. The molecule has 0 amide bonds. The lowest BCUT2D eigenvalue weighted by Crippen LogP contribution is -2.10. The minimum atomic E-state index is 0.168. The summed E-state index contributed by atoms with van der Waals surface area (Å²) in [6.45, 7) is 6.72. The zero-order valence-corrected chi connectivity index (χ0v) is 14.4. The molecule has 0 atom stereocenters. The van der Waals surface area contributed by atoms with Crippen LogP contribution in [0.5, 0.6) is 0 Å². The van der Waals surface area contributed by atoms with Gasteiger partial charge in [0.15, 0.2) is 0 Å². The predicted octanol–water partition coefficient (Wildman–Crippen LogP) is 6.35. The van der Waals surface area contributed by atoms with Gasteiger partial charge in [-0.1, -0.05) is 81.4 Å². The fraction of sp³-hybridized carbons (Fsp3) is 0.174. The molecule has 0 unspecified atom stereocenters. The Balaban J connectivity index is 1.92. The molecule has 0 radical (unpaired) electrons. The zero-order chi connectivity index (χ0) is 16.7. The molecular weight excluding hydrogens is 290 g/mol. The third kappa shape index (κ3) is 2.46. The van der Waals surface area contributed by atoms with E-state index in [4.69, 9.17) is 0 Å². The van der Waals surface area contributed by atoms with Crippen molar-refractivity contribution in [2.45, 2.75) is 26.2 Å². The van der Waals surface area contributed by atoms with Crippen molar-refractivity contribution >= 4 is 21.5 Å². The first kappa shape index (κ1) is 14.9. The number of aromatic nitrogens is 1. The van der Waals surface area contributed by atoms with Gasteiger partial charge in [0.1, 0.15) is 0 Å². The molecule has 1 heteroatoms. The molecule has 0 aliphatic carbocycles. The van der Waals surface area contributed by atoms with Gasteiger partial charge >= 0.3 is 0 Å². The average molecular weight is 311 g/mol. The molecule has 4 rings (SSSR count). The third-order valence-corrected chi connectivity index (χ3v) is 4.70. The van der Waals surface area contributed by atoms with Crippen LogP contribution in [0.15, 0.2) is 72.9 Å². The highest BCUT2D eigenvalue weighted by molar-refractivity contribution is 6.11. The maximum Gasteiger partial charge on any atom is 0.0780 e. The van der Waals surface area contributed by atoms with Gasteiger partial charge in [-0.15, -0.1) is 0 Å². The van der Waals surface area contributed by atoms with E-state index in [1.807, 2.05) is 6.20 Å². The van der Waals surface area contributed by atoms with Gasteiger partial charge in [-0.05, 0) is 33.2 Å². The lowest BCUT2D eigenvalue weighted by molar-refractivity contribution is 0.590. The predicted molar refractivity (Wildman–Crippen MR) is 103 cm³/mol. The van der Waals surface area contributed by atoms with Crippen LogP contribution in [-0.2, 0) is 5.41 Å². The van der Waals surface area contributed by atoms with Crippen molar-refractivity contribution in [3.8, 4) is 11.3 Å². The Morgan fingerprint density at radius 1 is 0.667 bits per heavy atom. The van der Waals surface area contributed by atoms with Gasteiger partial charge in [0.05, 0.1) is 5.69 Å². The monoisotopic (exact) mass is 311 g/mol. The van der Waals surface area contributed by atoms with E-state index in [0.717, 1.165) is 5.69 Å². The van der Waals surface area contributed by atoms with Gasteiger partial charge in [-0.3, -0.25) is 4.98 Å². The normalized spacial score (nSPS) is 12.0. The molecule has 1 nitrogen and oxygen atoms in total. The number of hydrogen-bond acceptors (Lipinski definition) is 1. The highest BCUT2D eigenvalue weighted by Crippen LogP contribution is 2.32. The van der Waals surface area contributed by atoms with Crippen molar-refractivity contribution in [1.82, 2.24) is 4.98 Å². The number of nitrogens with zero attached hydrogens (tertiary/aromatic N) is 1. The number of rotatable bonds is 1. The van der Waals surface area contributed by atoms with Crippen LogP contribution in [-0.4, -0.2) is 4.98 Å². The van der Waals surface area contributed by atoms with E-state index in [2.05, 4.69) is 92.5 Å². The molecule has 3 aromatic carbocycles. The highest BCUT2D eigenvalue weighted by Gasteiger charge is 2.14. The summed E-state index contributed by atoms with van der Waals surface area (Å²) in [5.74, 6) is 0. The summed E-state index contributed by atoms with van der Waals surface area (Å²) in [5, 5.41) is 5.02. The Hall–Kier alpha value is -2.67. The molecule has 0 spiro atoms. The van der Waals surface area contributed by atoms with Crippen molar-refractivity contribution < 1.29 is 0 Å². The van der Waals surface area contributed by atoms with Crippen LogP contribution < -0.4 is 0 Å². The second kappa shape index (κ2) is 5.45. The van der Waals surface area contributed by atoms with E-state index in [0.29, 0.717) is 0 Å². The van der Waals surface area contributed by atoms with Crippen molar-refractivity contribution in [2.75, 3.05) is 0 Å². The third-order valence-electron chi connectivity index (χ3n) is 4.70. The fourth-order valence-electron chi connectivity index (χ4n) is 3.30. The number of hydrogen-bond donors (Lipinski definition) is 0. The molecule has 0 aliphatic rings. The first-order valence-electron chi connectivity index (χ1n) is 8.41. The summed E-state index contributed by atoms with van der Waals surface area (Å²) < 4.78 is 0. The van der Waals surface area contributed by atoms with Crippen LogP contribution in [0.3, 0.4) is 0 Å². The molecule has 24 heavy (non-hydrogen) atoms. The Kier molecular flexibility index (Phi) is 3.38. The second-order valence-electron chi connectivity index (χ2n) is 7.37. The van der Waals surface area contributed by atoms with Gasteiger partial charge in [0.25, 0.3) is 0 Å². The molecule has 118 valence electrons. The summed E-state index contributed by atoms with van der Waals surface area (Å²) in [5.41, 5.74) is 3.74. The number of benzene rings is 3. The van der Waals surface area contributed by atoms with E-state index in [9.17, 15) is 0 Å². The molecule has 1 aromatic heterocycles. The van der Waals surface area contributed by atoms with Crippen LogP contribution in [0.4, 0.5) is 0 Å². The minimum Gasteiger partial charge on any atom is -0.256 e. The van der Waals surface area contributed by atoms with Gasteiger partial charge in [0.2, 0.25) is 0 Å². The van der Waals surface area contributed by atoms with Crippen molar-refractivity contribution in [1.29, 1.82) is 0 Å². The van der Waals surface area contributed by atoms with Gasteiger partial charge in [0, 0.05) is 17.1 Å². The van der Waals surface area contributed by atoms with Crippen molar-refractivity contribution in [2.24, 2.45) is 0 Å². The smallest absolute Gasteiger partial charge is 0.0780 e. The molecule has 1 heterocycles. The largest absolute Gasteiger partial charge is 0.256 e. The SMILES string of the molecule is CC(C)(C)c1ccc(-c2nccc3c2ccc2ccccc23)cc1. The van der Waals surface area contributed by atoms with Crippen LogP contribution in [0, 0.1) is 0 Å². The molecular formula is C23H21N. The molecule has 0 saturated heterocycles. The maximum atomic E-state index is 4.68. The summed E-state index contributed by atoms with van der Waals surface area (Å²) in [6, 6.07) is 23.8. The fourth-order valence-corrected chi connectivity index (χ4v) is 3.30. The molecule has 0 aliphatic heterocycles. The lowest BCUT2D eigenvalue weighted by Gasteiger charge is -2.19.